The number of esters is 1. The van der Waals surface area contributed by atoms with Gasteiger partial charge >= 0.3 is 5.97 Å². The summed E-state index contributed by atoms with van der Waals surface area (Å²) in [5, 5.41) is 2.79. The molecule has 2 aliphatic rings. The minimum atomic E-state index is -1.57. The number of carbonyl (C=O) groups excluding carboxylic acids is 4. The predicted octanol–water partition coefficient (Wildman–Crippen LogP) is 2.33. The lowest BCUT2D eigenvalue weighted by Crippen LogP contribution is -2.69. The molecule has 0 aromatic heterocycles. The van der Waals surface area contributed by atoms with E-state index in [-0.39, 0.29) is 49.1 Å². The molecule has 2 atom stereocenters. The second-order valence-corrected chi connectivity index (χ2v) is 9.05. The van der Waals surface area contributed by atoms with Crippen LogP contribution in [0.3, 0.4) is 0 Å². The van der Waals surface area contributed by atoms with E-state index in [9.17, 15) is 19.2 Å². The van der Waals surface area contributed by atoms with Crippen LogP contribution >= 0.6 is 0 Å². The van der Waals surface area contributed by atoms with Gasteiger partial charge in [0, 0.05) is 25.4 Å². The zero-order valence-electron chi connectivity index (χ0n) is 18.8. The number of nitrogens with zero attached hydrogens (tertiary/aromatic N) is 2. The fourth-order valence-electron chi connectivity index (χ4n) is 4.07. The first-order chi connectivity index (χ1) is 14.6. The summed E-state index contributed by atoms with van der Waals surface area (Å²) in [5.74, 6) is -1.44. The van der Waals surface area contributed by atoms with Crippen molar-refractivity contribution in [2.45, 2.75) is 59.2 Å². The van der Waals surface area contributed by atoms with Gasteiger partial charge in [0.15, 0.2) is 6.61 Å². The molecule has 0 spiro atoms. The Morgan fingerprint density at radius 2 is 1.81 bits per heavy atom. The van der Waals surface area contributed by atoms with Crippen molar-refractivity contribution in [1.29, 1.82) is 0 Å². The maximum absolute atomic E-state index is 13.4. The number of ether oxygens (including phenoxy) is 1. The molecule has 168 valence electrons. The summed E-state index contributed by atoms with van der Waals surface area (Å²) < 4.78 is 5.41. The normalized spacial score (nSPS) is 21.3. The van der Waals surface area contributed by atoms with Crippen molar-refractivity contribution in [2.75, 3.05) is 18.1 Å². The summed E-state index contributed by atoms with van der Waals surface area (Å²) in [6, 6.07) is 6.72. The maximum Gasteiger partial charge on any atom is 0.354 e. The van der Waals surface area contributed by atoms with Crippen LogP contribution in [0.2, 0.25) is 0 Å². The molecule has 0 unspecified atom stereocenters. The third-order valence-corrected chi connectivity index (χ3v) is 5.97. The van der Waals surface area contributed by atoms with Crippen LogP contribution < -0.4 is 10.2 Å². The monoisotopic (exact) mass is 429 g/mol. The van der Waals surface area contributed by atoms with Gasteiger partial charge in [0.1, 0.15) is 0 Å². The quantitative estimate of drug-likeness (QED) is 0.671. The Morgan fingerprint density at radius 3 is 2.45 bits per heavy atom. The van der Waals surface area contributed by atoms with E-state index in [1.165, 1.54) is 9.80 Å². The van der Waals surface area contributed by atoms with Gasteiger partial charge in [-0.05, 0) is 30.9 Å². The van der Waals surface area contributed by atoms with E-state index in [1.54, 1.807) is 24.3 Å². The summed E-state index contributed by atoms with van der Waals surface area (Å²) in [4.78, 5) is 54.8. The molecule has 8 heteroatoms. The second-order valence-electron chi connectivity index (χ2n) is 9.05. The van der Waals surface area contributed by atoms with Crippen LogP contribution in [0.1, 0.15) is 57.8 Å². The Labute approximate surface area is 182 Å². The Hall–Kier alpha value is -2.90. The minimum absolute atomic E-state index is 0.0617. The molecule has 2 heterocycles. The third kappa shape index (κ3) is 4.03. The van der Waals surface area contributed by atoms with Crippen LogP contribution in [-0.2, 0) is 19.1 Å². The van der Waals surface area contributed by atoms with Gasteiger partial charge in [0.25, 0.3) is 11.8 Å². The van der Waals surface area contributed by atoms with E-state index in [1.807, 2.05) is 34.6 Å². The fourth-order valence-corrected chi connectivity index (χ4v) is 4.07. The van der Waals surface area contributed by atoms with Crippen molar-refractivity contribution in [2.24, 2.45) is 11.8 Å². The minimum Gasteiger partial charge on any atom is -0.452 e. The van der Waals surface area contributed by atoms with Crippen LogP contribution in [0.25, 0.3) is 0 Å². The molecule has 1 aromatic rings. The predicted molar refractivity (Wildman–Crippen MR) is 115 cm³/mol. The molecule has 3 rings (SSSR count). The Balaban J connectivity index is 1.94. The van der Waals surface area contributed by atoms with Crippen molar-refractivity contribution in [3.8, 4) is 0 Å². The van der Waals surface area contributed by atoms with Crippen molar-refractivity contribution in [3.63, 3.8) is 0 Å². The van der Waals surface area contributed by atoms with Crippen LogP contribution in [0, 0.1) is 11.8 Å². The molecule has 0 aliphatic carbocycles. The van der Waals surface area contributed by atoms with Crippen molar-refractivity contribution >= 4 is 29.4 Å². The Kier molecular flexibility index (Phi) is 6.38. The lowest BCUT2D eigenvalue weighted by molar-refractivity contribution is -0.160. The average Bonchev–Trinajstić information content (AvgIpc) is 3.07. The highest BCUT2D eigenvalue weighted by Gasteiger charge is 2.62. The molecule has 31 heavy (non-hydrogen) atoms. The molecular formula is C23H31N3O5. The van der Waals surface area contributed by atoms with Gasteiger partial charge in [-0.2, -0.15) is 0 Å². The largest absolute Gasteiger partial charge is 0.452 e. The van der Waals surface area contributed by atoms with Gasteiger partial charge in [-0.15, -0.1) is 0 Å². The molecule has 3 amide bonds. The van der Waals surface area contributed by atoms with Gasteiger partial charge < -0.3 is 15.0 Å². The number of hydrogen-bond donors (Lipinski definition) is 1. The number of carbonyl (C=O) groups is 4. The molecule has 1 aromatic carbocycles. The molecular weight excluding hydrogens is 398 g/mol. The molecule has 0 bridgehead atoms. The lowest BCUT2D eigenvalue weighted by atomic mass is 9.95. The summed E-state index contributed by atoms with van der Waals surface area (Å²) in [6.07, 6.45) is 0.239. The smallest absolute Gasteiger partial charge is 0.354 e. The van der Waals surface area contributed by atoms with Gasteiger partial charge in [0.2, 0.25) is 11.6 Å². The van der Waals surface area contributed by atoms with E-state index >= 15 is 0 Å². The highest BCUT2D eigenvalue weighted by Crippen LogP contribution is 2.45. The molecule has 0 radical (unpaired) electrons. The number of nitrogens with one attached hydrogen (secondary N) is 1. The molecule has 1 fully saturated rings. The highest BCUT2D eigenvalue weighted by molar-refractivity contribution is 6.15. The summed E-state index contributed by atoms with van der Waals surface area (Å²) >= 11 is 0. The van der Waals surface area contributed by atoms with E-state index in [0.29, 0.717) is 11.3 Å². The number of amides is 3. The van der Waals surface area contributed by atoms with Crippen LogP contribution in [0.15, 0.2) is 24.3 Å². The van der Waals surface area contributed by atoms with Gasteiger partial charge in [-0.1, -0.05) is 39.8 Å². The van der Waals surface area contributed by atoms with E-state index < -0.39 is 24.1 Å². The number of para-hydroxylation sites is 1. The molecule has 8 nitrogen and oxygen atoms in total. The number of benzene rings is 1. The molecule has 1 saturated heterocycles. The first-order valence-electron chi connectivity index (χ1n) is 10.8. The van der Waals surface area contributed by atoms with E-state index in [2.05, 4.69) is 5.32 Å². The Bertz CT molecular complexity index is 897. The fraction of sp³-hybridized carbons (Fsp3) is 0.565. The maximum atomic E-state index is 13.4. The molecule has 0 saturated carbocycles. The van der Waals surface area contributed by atoms with Crippen LogP contribution in [-0.4, -0.2) is 53.4 Å². The third-order valence-electron chi connectivity index (χ3n) is 5.97. The Morgan fingerprint density at radius 1 is 1.13 bits per heavy atom. The molecule has 1 N–H and O–H groups in total. The SMILES string of the molecule is CC(C)CN1C(=O)c2ccccc2N2C(=O)CC[C@@]12C(=O)OCC(=O)N[C@H](C)C(C)C. The molecule has 2 aliphatic heterocycles. The number of hydrogen-bond acceptors (Lipinski definition) is 5. The van der Waals surface area contributed by atoms with Crippen molar-refractivity contribution in [3.05, 3.63) is 29.8 Å². The topological polar surface area (TPSA) is 96.0 Å². The van der Waals surface area contributed by atoms with E-state index in [0.717, 1.165) is 0 Å². The summed E-state index contributed by atoms with van der Waals surface area (Å²) in [6.45, 7) is 9.53. The van der Waals surface area contributed by atoms with Crippen LogP contribution in [0.5, 0.6) is 0 Å². The second kappa shape index (κ2) is 8.69. The lowest BCUT2D eigenvalue weighted by Gasteiger charge is -2.48. The zero-order valence-corrected chi connectivity index (χ0v) is 18.8. The van der Waals surface area contributed by atoms with E-state index in [4.69, 9.17) is 4.74 Å². The van der Waals surface area contributed by atoms with Crippen LogP contribution in [0.4, 0.5) is 5.69 Å². The standard InChI is InChI=1S/C23H31N3O5/c1-14(2)12-25-21(29)17-8-6-7-9-18(17)26-20(28)10-11-23(25,26)22(30)31-13-19(27)24-16(5)15(3)4/h6-9,14-16H,10-13H2,1-5H3,(H,24,27)/t16-,23-/m1/s1. The highest BCUT2D eigenvalue weighted by atomic mass is 16.5. The van der Waals surface area contributed by atoms with Crippen molar-refractivity contribution < 1.29 is 23.9 Å². The number of fused-ring (bicyclic) bond motifs is 3. The first kappa shape index (κ1) is 22.8. The van der Waals surface area contributed by atoms with Crippen molar-refractivity contribution in [1.82, 2.24) is 10.2 Å². The zero-order chi connectivity index (χ0) is 22.9. The summed E-state index contributed by atoms with van der Waals surface area (Å²) in [5.41, 5.74) is -0.785. The number of anilines is 1. The van der Waals surface area contributed by atoms with Gasteiger partial charge in [-0.3, -0.25) is 19.3 Å². The van der Waals surface area contributed by atoms with Gasteiger partial charge in [0.05, 0.1) is 11.3 Å². The number of rotatable bonds is 7. The van der Waals surface area contributed by atoms with Gasteiger partial charge in [-0.25, -0.2) is 4.79 Å². The summed E-state index contributed by atoms with van der Waals surface area (Å²) in [7, 11) is 0. The average molecular weight is 430 g/mol. The first-order valence-corrected chi connectivity index (χ1v) is 10.8.